The zero-order valence-electron chi connectivity index (χ0n) is 33.2. The molecule has 0 amide bonds. The van der Waals surface area contributed by atoms with Crippen LogP contribution in [0.25, 0.3) is 32.9 Å². The molecule has 2 aromatic carbocycles. The van der Waals surface area contributed by atoms with E-state index in [9.17, 15) is 9.18 Å². The summed E-state index contributed by atoms with van der Waals surface area (Å²) in [5.74, 6) is 2.10. The highest BCUT2D eigenvalue weighted by Crippen LogP contribution is 2.48. The number of benzene rings is 2. The molecule has 3 aromatic heterocycles. The van der Waals surface area contributed by atoms with Gasteiger partial charge in [-0.3, -0.25) is 9.80 Å². The van der Waals surface area contributed by atoms with Gasteiger partial charge in [-0.1, -0.05) is 18.9 Å². The van der Waals surface area contributed by atoms with Crippen molar-refractivity contribution >= 4 is 27.5 Å². The van der Waals surface area contributed by atoms with Crippen molar-refractivity contribution in [3.63, 3.8) is 0 Å². The Morgan fingerprint density at radius 2 is 1.88 bits per heavy atom. The lowest BCUT2D eigenvalue weighted by molar-refractivity contribution is 0.0512. The number of hydrogen-bond donors (Lipinski definition) is 0. The lowest BCUT2D eigenvalue weighted by Gasteiger charge is -2.48. The van der Waals surface area contributed by atoms with Crippen LogP contribution in [0.4, 0.5) is 19.0 Å². The number of anilines is 1. The van der Waals surface area contributed by atoms with Gasteiger partial charge in [0.05, 0.1) is 28.7 Å². The van der Waals surface area contributed by atoms with Crippen LogP contribution in [0.5, 0.6) is 11.8 Å². The van der Waals surface area contributed by atoms with Crippen molar-refractivity contribution in [1.82, 2.24) is 24.8 Å². The smallest absolute Gasteiger partial charge is 0.468 e. The maximum atomic E-state index is 17.9. The highest BCUT2D eigenvalue weighted by molar-refractivity contribution is 6.03. The number of hydrogen-bond acceptors (Lipinski definition) is 12. The second-order valence-electron chi connectivity index (χ2n) is 16.9. The highest BCUT2D eigenvalue weighted by Gasteiger charge is 2.51. The fourth-order valence-electron chi connectivity index (χ4n) is 10.8. The van der Waals surface area contributed by atoms with Crippen molar-refractivity contribution in [3.8, 4) is 35.4 Å². The van der Waals surface area contributed by atoms with Gasteiger partial charge in [-0.2, -0.15) is 9.97 Å². The minimum atomic E-state index is -0.956. The maximum absolute atomic E-state index is 17.9. The molecule has 4 fully saturated rings. The topological polar surface area (TPSA) is 119 Å². The van der Waals surface area contributed by atoms with Crippen molar-refractivity contribution < 1.29 is 36.2 Å². The fraction of sp³-hybridized carbons (Fsp3) is 0.500. The van der Waals surface area contributed by atoms with Crippen LogP contribution in [0.15, 0.2) is 37.9 Å². The van der Waals surface area contributed by atoms with Gasteiger partial charge in [0.2, 0.25) is 0 Å². The molecule has 308 valence electrons. The monoisotopic (exact) mass is 810 g/mol. The van der Waals surface area contributed by atoms with Gasteiger partial charge in [-0.15, -0.1) is 6.42 Å². The molecule has 59 heavy (non-hydrogen) atoms. The van der Waals surface area contributed by atoms with E-state index in [-0.39, 0.29) is 65.8 Å². The van der Waals surface area contributed by atoms with Crippen LogP contribution in [0.2, 0.25) is 0 Å². The van der Waals surface area contributed by atoms with Crippen LogP contribution in [0.1, 0.15) is 80.6 Å². The average molecular weight is 811 g/mol. The van der Waals surface area contributed by atoms with E-state index < -0.39 is 29.2 Å². The van der Waals surface area contributed by atoms with Crippen molar-refractivity contribution in [2.24, 2.45) is 0 Å². The van der Waals surface area contributed by atoms with Crippen LogP contribution in [-0.4, -0.2) is 94.7 Å². The zero-order chi connectivity index (χ0) is 40.7. The summed E-state index contributed by atoms with van der Waals surface area (Å²) in [4.78, 5) is 33.9. The molecule has 6 atom stereocenters. The quantitative estimate of drug-likeness (QED) is 0.113. The lowest BCUT2D eigenvalue weighted by Crippen LogP contribution is -2.60. The van der Waals surface area contributed by atoms with Crippen LogP contribution < -0.4 is 20.2 Å². The van der Waals surface area contributed by atoms with E-state index in [4.69, 9.17) is 44.4 Å². The number of ether oxygens (including phenoxy) is 3. The second kappa shape index (κ2) is 14.5. The Bertz CT molecular complexity index is 2590. The molecule has 5 aliphatic rings. The Morgan fingerprint density at radius 3 is 2.68 bits per heavy atom. The first-order chi connectivity index (χ1) is 28.6. The molecule has 2 bridgehead atoms. The Morgan fingerprint density at radius 1 is 1.03 bits per heavy atom. The van der Waals surface area contributed by atoms with Crippen LogP contribution in [0, 0.1) is 30.9 Å². The number of halogens is 3. The lowest BCUT2D eigenvalue weighted by atomic mass is 9.87. The van der Waals surface area contributed by atoms with Gasteiger partial charge in [0.15, 0.2) is 18.4 Å². The molecule has 8 heterocycles. The number of fused-ring (bicyclic) bond motifs is 7. The van der Waals surface area contributed by atoms with Crippen molar-refractivity contribution in [2.75, 3.05) is 45.0 Å². The Labute approximate surface area is 338 Å². The molecule has 0 radical (unpaired) electrons. The number of methoxy groups -OCH3 is 1. The Hall–Kier alpha value is -5.17. The summed E-state index contributed by atoms with van der Waals surface area (Å²) in [5.41, 5.74) is 0.308. The molecule has 0 unspecified atom stereocenters. The molecular formula is C44H45F3N6O6. The van der Waals surface area contributed by atoms with Gasteiger partial charge in [0, 0.05) is 55.7 Å². The molecule has 15 heteroatoms. The van der Waals surface area contributed by atoms with Crippen molar-refractivity contribution in [3.05, 3.63) is 69.3 Å². The molecular weight excluding hydrogens is 766 g/mol. The van der Waals surface area contributed by atoms with Gasteiger partial charge in [-0.05, 0) is 81.5 Å². The van der Waals surface area contributed by atoms with Gasteiger partial charge in [-0.25, -0.2) is 22.9 Å². The normalized spacial score (nSPS) is 26.5. The third kappa shape index (κ3) is 6.25. The largest absolute Gasteiger partial charge is 0.519 e. The summed E-state index contributed by atoms with van der Waals surface area (Å²) >= 11 is 0. The molecule has 12 nitrogen and oxygen atoms in total. The summed E-state index contributed by atoms with van der Waals surface area (Å²) in [5, 5.41) is 1.35. The summed E-state index contributed by atoms with van der Waals surface area (Å²) < 4.78 is 76.3. The van der Waals surface area contributed by atoms with E-state index in [0.717, 1.165) is 38.6 Å². The number of rotatable bonds is 9. The average Bonchev–Trinajstić information content (AvgIpc) is 3.93. The van der Waals surface area contributed by atoms with E-state index in [1.165, 1.54) is 13.2 Å². The number of terminal acetylenes is 1. The second-order valence-corrected chi connectivity index (χ2v) is 16.9. The fourth-order valence-corrected chi connectivity index (χ4v) is 10.8. The third-order valence-electron chi connectivity index (χ3n) is 13.5. The summed E-state index contributed by atoms with van der Waals surface area (Å²) in [6, 6.07) is 6.30. The van der Waals surface area contributed by atoms with Crippen LogP contribution in [-0.2, 0) is 11.3 Å². The van der Waals surface area contributed by atoms with Gasteiger partial charge in [0.1, 0.15) is 47.1 Å². The summed E-state index contributed by atoms with van der Waals surface area (Å²) in [6.45, 7) is 6.04. The third-order valence-corrected chi connectivity index (χ3v) is 13.5. The maximum Gasteiger partial charge on any atom is 0.519 e. The van der Waals surface area contributed by atoms with E-state index in [1.807, 2.05) is 0 Å². The van der Waals surface area contributed by atoms with Crippen molar-refractivity contribution in [1.29, 1.82) is 0 Å². The van der Waals surface area contributed by atoms with Gasteiger partial charge >= 0.3 is 11.8 Å². The molecule has 5 aromatic rings. The first-order valence-corrected chi connectivity index (χ1v) is 20.5. The van der Waals surface area contributed by atoms with E-state index >= 15 is 8.78 Å². The Kier molecular flexibility index (Phi) is 9.37. The van der Waals surface area contributed by atoms with Gasteiger partial charge < -0.3 is 27.9 Å². The molecule has 0 aliphatic carbocycles. The standard InChI is InChI=1S/C44H45F3N6O6/c1-5-29-31(46)10-8-25-15-28(57-22-55-4)16-30(35(25)29)39-37(47)40-36-38(48-39)23(2)7-11-33-32-12-9-27(52(32)20-34-24(3)58-43(54)59-34)19-53(33)41(36)50-42(49-40)56-21-44-13-6-14-51(44)18-26(45)17-44/h1,8,10,15-16,23,26-27,32-33H,6-7,9,11-14,17-22H2,2-4H3/t23-,26-,27-,32+,33-,44+/m1/s1. The first kappa shape index (κ1) is 38.1. The van der Waals surface area contributed by atoms with Crippen LogP contribution >= 0.6 is 0 Å². The molecule has 4 saturated heterocycles. The summed E-state index contributed by atoms with van der Waals surface area (Å²) in [7, 11) is 1.50. The van der Waals surface area contributed by atoms with Crippen LogP contribution in [0.3, 0.4) is 0 Å². The number of piperazine rings is 1. The predicted molar refractivity (Wildman–Crippen MR) is 212 cm³/mol. The van der Waals surface area contributed by atoms with Gasteiger partial charge in [0.25, 0.3) is 0 Å². The molecule has 5 aliphatic heterocycles. The van der Waals surface area contributed by atoms with E-state index in [1.54, 1.807) is 25.1 Å². The molecule has 0 saturated carbocycles. The number of pyridine rings is 1. The van der Waals surface area contributed by atoms with E-state index in [0.29, 0.717) is 77.4 Å². The summed E-state index contributed by atoms with van der Waals surface area (Å²) in [6.07, 6.45) is 10.3. The molecule has 0 N–H and O–H groups in total. The number of nitrogens with zero attached hydrogens (tertiary/aromatic N) is 6. The van der Waals surface area contributed by atoms with E-state index in [2.05, 4.69) is 27.5 Å². The minimum Gasteiger partial charge on any atom is -0.468 e. The first-order valence-electron chi connectivity index (χ1n) is 20.5. The Balaban J connectivity index is 1.16. The molecule has 10 rings (SSSR count). The minimum absolute atomic E-state index is 0.00650. The number of aromatic nitrogens is 3. The zero-order valence-corrected chi connectivity index (χ0v) is 33.2. The number of alkyl halides is 1. The SMILES string of the molecule is C#Cc1c(F)ccc2cc(OCOC)cc(-c3nc4c5c(nc(OC[C@@]67CCCN6C[C@H](F)C7)nc5c3F)N3C[C@H]5CC[C@@H]([C@H]3CC[C@H]4C)N5Cc3oc(=O)oc3C)c12. The highest BCUT2D eigenvalue weighted by atomic mass is 19.1. The molecule has 0 spiro atoms. The van der Waals surface area contributed by atoms with Crippen molar-refractivity contribution in [2.45, 2.75) is 101 Å². The predicted octanol–water partition coefficient (Wildman–Crippen LogP) is 7.02. The number of aryl methyl sites for hydroxylation is 1.